The summed E-state index contributed by atoms with van der Waals surface area (Å²) in [6, 6.07) is 0. The lowest BCUT2D eigenvalue weighted by Crippen LogP contribution is -2.07. The van der Waals surface area contributed by atoms with E-state index in [0.717, 1.165) is 40.8 Å². The fourth-order valence-corrected chi connectivity index (χ4v) is 3.55. The standard InChI is InChI=1S/C12H15N7S2/c1-8-7-20-12(16-8)9-10(13)17-21-11(9)14-3-2-5-19-6-4-15-18-19/h4,6-7,14H,2-3,5H2,1H3,(H2,13,17). The number of anilines is 2. The summed E-state index contributed by atoms with van der Waals surface area (Å²) in [5.41, 5.74) is 7.88. The zero-order valence-corrected chi connectivity index (χ0v) is 13.1. The summed E-state index contributed by atoms with van der Waals surface area (Å²) in [6.45, 7) is 3.62. The Balaban J connectivity index is 1.63. The molecule has 0 atom stereocenters. The van der Waals surface area contributed by atoms with E-state index >= 15 is 0 Å². The van der Waals surface area contributed by atoms with E-state index in [1.54, 1.807) is 17.5 Å². The second-order valence-electron chi connectivity index (χ2n) is 4.51. The van der Waals surface area contributed by atoms with Crippen molar-refractivity contribution in [2.75, 3.05) is 17.6 Å². The van der Waals surface area contributed by atoms with Crippen LogP contribution in [0.1, 0.15) is 12.1 Å². The van der Waals surface area contributed by atoms with Crippen LogP contribution in [0.15, 0.2) is 17.8 Å². The van der Waals surface area contributed by atoms with Crippen molar-refractivity contribution in [3.05, 3.63) is 23.5 Å². The number of nitrogens with one attached hydrogen (secondary N) is 1. The molecule has 0 saturated heterocycles. The predicted octanol–water partition coefficient (Wildman–Crippen LogP) is 2.25. The summed E-state index contributed by atoms with van der Waals surface area (Å²) in [4.78, 5) is 4.49. The average Bonchev–Trinajstić information content (AvgIpc) is 3.17. The summed E-state index contributed by atoms with van der Waals surface area (Å²) in [5.74, 6) is 0.535. The molecule has 0 spiro atoms. The van der Waals surface area contributed by atoms with Gasteiger partial charge in [0.05, 0.1) is 11.8 Å². The van der Waals surface area contributed by atoms with Crippen molar-refractivity contribution < 1.29 is 0 Å². The second-order valence-corrected chi connectivity index (χ2v) is 6.14. The lowest BCUT2D eigenvalue weighted by Gasteiger charge is -2.05. The highest BCUT2D eigenvalue weighted by atomic mass is 32.1. The summed E-state index contributed by atoms with van der Waals surface area (Å²) in [6.07, 6.45) is 4.48. The third-order valence-electron chi connectivity index (χ3n) is 2.87. The van der Waals surface area contributed by atoms with Crippen molar-refractivity contribution >= 4 is 33.7 Å². The summed E-state index contributed by atoms with van der Waals surface area (Å²) in [5, 5.41) is 15.0. The van der Waals surface area contributed by atoms with Crippen LogP contribution in [-0.4, -0.2) is 30.9 Å². The Labute approximate surface area is 130 Å². The average molecular weight is 321 g/mol. The molecule has 0 amide bonds. The highest BCUT2D eigenvalue weighted by Gasteiger charge is 2.16. The number of aromatic nitrogens is 5. The first-order chi connectivity index (χ1) is 10.2. The van der Waals surface area contributed by atoms with Gasteiger partial charge in [-0.15, -0.1) is 16.4 Å². The molecule has 0 aliphatic carbocycles. The van der Waals surface area contributed by atoms with Crippen LogP contribution in [0.2, 0.25) is 0 Å². The normalized spacial score (nSPS) is 10.9. The van der Waals surface area contributed by atoms with E-state index in [4.69, 9.17) is 5.73 Å². The van der Waals surface area contributed by atoms with Crippen LogP contribution in [0, 0.1) is 6.92 Å². The number of nitrogen functional groups attached to an aromatic ring is 1. The Morgan fingerprint density at radius 3 is 3.05 bits per heavy atom. The molecule has 3 N–H and O–H groups in total. The molecule has 21 heavy (non-hydrogen) atoms. The number of rotatable bonds is 6. The Bertz CT molecular complexity index is 701. The Morgan fingerprint density at radius 2 is 2.33 bits per heavy atom. The summed E-state index contributed by atoms with van der Waals surface area (Å²) < 4.78 is 6.04. The predicted molar refractivity (Wildman–Crippen MR) is 85.5 cm³/mol. The quantitative estimate of drug-likeness (QED) is 0.676. The molecule has 110 valence electrons. The third-order valence-corrected chi connectivity index (χ3v) is 4.67. The minimum atomic E-state index is 0.535. The first kappa shape index (κ1) is 14.0. The van der Waals surface area contributed by atoms with Crippen LogP contribution >= 0.6 is 22.9 Å². The molecular weight excluding hydrogens is 306 g/mol. The number of hydrogen-bond acceptors (Lipinski definition) is 8. The number of thiazole rings is 1. The van der Waals surface area contributed by atoms with Gasteiger partial charge in [0.1, 0.15) is 15.8 Å². The first-order valence-corrected chi connectivity index (χ1v) is 8.15. The summed E-state index contributed by atoms with van der Waals surface area (Å²) >= 11 is 2.96. The van der Waals surface area contributed by atoms with Gasteiger partial charge in [0.25, 0.3) is 0 Å². The van der Waals surface area contributed by atoms with Gasteiger partial charge in [0.15, 0.2) is 0 Å². The maximum absolute atomic E-state index is 5.97. The van der Waals surface area contributed by atoms with Crippen LogP contribution in [0.5, 0.6) is 0 Å². The van der Waals surface area contributed by atoms with Crippen LogP contribution < -0.4 is 11.1 Å². The molecule has 3 rings (SSSR count). The van der Waals surface area contributed by atoms with E-state index in [9.17, 15) is 0 Å². The molecule has 0 aliphatic rings. The molecule has 0 fully saturated rings. The largest absolute Gasteiger partial charge is 0.382 e. The minimum absolute atomic E-state index is 0.535. The van der Waals surface area contributed by atoms with E-state index in [-0.39, 0.29) is 0 Å². The van der Waals surface area contributed by atoms with E-state index in [0.29, 0.717) is 5.82 Å². The number of aryl methyl sites for hydroxylation is 2. The monoisotopic (exact) mass is 321 g/mol. The van der Waals surface area contributed by atoms with Crippen LogP contribution in [0.3, 0.4) is 0 Å². The first-order valence-electron chi connectivity index (χ1n) is 6.49. The molecule has 0 aliphatic heterocycles. The maximum Gasteiger partial charge on any atom is 0.149 e. The lowest BCUT2D eigenvalue weighted by molar-refractivity contribution is 0.570. The van der Waals surface area contributed by atoms with Gasteiger partial charge in [-0.3, -0.25) is 4.68 Å². The van der Waals surface area contributed by atoms with Crippen molar-refractivity contribution in [2.24, 2.45) is 0 Å². The van der Waals surface area contributed by atoms with Crippen LogP contribution in [-0.2, 0) is 6.54 Å². The van der Waals surface area contributed by atoms with E-state index in [1.807, 2.05) is 23.2 Å². The van der Waals surface area contributed by atoms with Crippen LogP contribution in [0.4, 0.5) is 10.8 Å². The lowest BCUT2D eigenvalue weighted by atomic mass is 10.3. The van der Waals surface area contributed by atoms with Gasteiger partial charge >= 0.3 is 0 Å². The van der Waals surface area contributed by atoms with Crippen molar-refractivity contribution in [2.45, 2.75) is 19.9 Å². The van der Waals surface area contributed by atoms with Crippen LogP contribution in [0.25, 0.3) is 10.6 Å². The number of nitrogens with two attached hydrogens (primary N) is 1. The fourth-order valence-electron chi connectivity index (χ4n) is 1.89. The van der Waals surface area contributed by atoms with Crippen molar-refractivity contribution in [3.8, 4) is 10.6 Å². The SMILES string of the molecule is Cc1csc(-c2c(N)nsc2NCCCn2ccnn2)n1. The molecular formula is C12H15N7S2. The molecule has 3 heterocycles. The smallest absolute Gasteiger partial charge is 0.149 e. The molecule has 9 heteroatoms. The van der Waals surface area contributed by atoms with Crippen molar-refractivity contribution in [1.29, 1.82) is 0 Å². The molecule has 0 bridgehead atoms. The Hall–Kier alpha value is -2.00. The van der Waals surface area contributed by atoms with E-state index < -0.39 is 0 Å². The molecule has 0 saturated carbocycles. The molecule has 3 aromatic heterocycles. The van der Waals surface area contributed by atoms with E-state index in [2.05, 4.69) is 25.0 Å². The van der Waals surface area contributed by atoms with Gasteiger partial charge in [-0.05, 0) is 24.9 Å². The highest BCUT2D eigenvalue weighted by Crippen LogP contribution is 2.38. The topological polar surface area (TPSA) is 94.5 Å². The maximum atomic E-state index is 5.97. The van der Waals surface area contributed by atoms with E-state index in [1.165, 1.54) is 11.5 Å². The molecule has 0 radical (unpaired) electrons. The minimum Gasteiger partial charge on any atom is -0.382 e. The zero-order valence-electron chi connectivity index (χ0n) is 11.5. The molecule has 0 aromatic carbocycles. The number of hydrogen-bond donors (Lipinski definition) is 2. The van der Waals surface area contributed by atoms with Gasteiger partial charge in [-0.25, -0.2) is 4.98 Å². The van der Waals surface area contributed by atoms with Gasteiger partial charge < -0.3 is 11.1 Å². The summed E-state index contributed by atoms with van der Waals surface area (Å²) in [7, 11) is 0. The number of nitrogens with zero attached hydrogens (tertiary/aromatic N) is 5. The third kappa shape index (κ3) is 3.19. The molecule has 3 aromatic rings. The van der Waals surface area contributed by atoms with Crippen molar-refractivity contribution in [3.63, 3.8) is 0 Å². The second kappa shape index (κ2) is 6.19. The Kier molecular flexibility index (Phi) is 4.11. The van der Waals surface area contributed by atoms with Gasteiger partial charge in [-0.2, -0.15) is 4.37 Å². The fraction of sp³-hybridized carbons (Fsp3) is 0.333. The Morgan fingerprint density at radius 1 is 1.43 bits per heavy atom. The van der Waals surface area contributed by atoms with Gasteiger partial charge in [-0.1, -0.05) is 5.21 Å². The van der Waals surface area contributed by atoms with Gasteiger partial charge in [0.2, 0.25) is 0 Å². The van der Waals surface area contributed by atoms with Gasteiger partial charge in [0, 0.05) is 30.4 Å². The highest BCUT2D eigenvalue weighted by molar-refractivity contribution is 7.15. The van der Waals surface area contributed by atoms with Crippen molar-refractivity contribution in [1.82, 2.24) is 24.4 Å². The molecule has 0 unspecified atom stereocenters. The zero-order chi connectivity index (χ0) is 14.7. The molecule has 7 nitrogen and oxygen atoms in total.